The number of carboxylic acid groups (broad SMARTS) is 1. The minimum atomic E-state index is -0.886. The number of hydrogen-bond donors (Lipinski definition) is 1. The Kier molecular flexibility index (Phi) is 2.84. The van der Waals surface area contributed by atoms with E-state index in [2.05, 4.69) is 4.98 Å². The van der Waals surface area contributed by atoms with Crippen molar-refractivity contribution < 1.29 is 9.90 Å². The van der Waals surface area contributed by atoms with Gasteiger partial charge in [0.2, 0.25) is 0 Å². The fraction of sp³-hybridized carbons (Fsp3) is 0.500. The van der Waals surface area contributed by atoms with Crippen LogP contribution in [0.4, 0.5) is 0 Å². The highest BCUT2D eigenvalue weighted by Gasteiger charge is 2.22. The van der Waals surface area contributed by atoms with E-state index >= 15 is 0 Å². The molecule has 0 atom stereocenters. The van der Waals surface area contributed by atoms with E-state index in [9.17, 15) is 4.79 Å². The molecule has 0 aliphatic rings. The Morgan fingerprint density at radius 2 is 1.87 bits per heavy atom. The van der Waals surface area contributed by atoms with E-state index in [0.717, 1.165) is 17.0 Å². The van der Waals surface area contributed by atoms with Crippen LogP contribution in [0.1, 0.15) is 48.1 Å². The van der Waals surface area contributed by atoms with E-state index in [4.69, 9.17) is 5.11 Å². The molecule has 0 spiro atoms. The summed E-state index contributed by atoms with van der Waals surface area (Å²) in [6.45, 7) is 9.74. The van der Waals surface area contributed by atoms with E-state index in [1.807, 2.05) is 34.6 Å². The van der Waals surface area contributed by atoms with Gasteiger partial charge in [-0.15, -0.1) is 0 Å². The van der Waals surface area contributed by atoms with Gasteiger partial charge < -0.3 is 5.11 Å². The molecule has 15 heavy (non-hydrogen) atoms. The lowest BCUT2D eigenvalue weighted by Crippen LogP contribution is -2.18. The number of aromatic carboxylic acids is 1. The number of aromatic nitrogens is 1. The van der Waals surface area contributed by atoms with Gasteiger partial charge in [0, 0.05) is 16.8 Å². The van der Waals surface area contributed by atoms with Crippen molar-refractivity contribution in [3.05, 3.63) is 28.6 Å². The second-order valence-electron chi connectivity index (χ2n) is 4.84. The molecule has 1 N–H and O–H groups in total. The van der Waals surface area contributed by atoms with Gasteiger partial charge >= 0.3 is 5.97 Å². The van der Waals surface area contributed by atoms with Crippen LogP contribution in [0, 0.1) is 13.8 Å². The smallest absolute Gasteiger partial charge is 0.336 e. The first-order valence-corrected chi connectivity index (χ1v) is 4.95. The first-order valence-electron chi connectivity index (χ1n) is 4.95. The zero-order chi connectivity index (χ0) is 11.8. The van der Waals surface area contributed by atoms with Crippen molar-refractivity contribution in [3.8, 4) is 0 Å². The van der Waals surface area contributed by atoms with Crippen molar-refractivity contribution in [3.63, 3.8) is 0 Å². The molecule has 1 rings (SSSR count). The summed E-state index contributed by atoms with van der Waals surface area (Å²) < 4.78 is 0. The van der Waals surface area contributed by atoms with Gasteiger partial charge in [-0.25, -0.2) is 4.79 Å². The van der Waals surface area contributed by atoms with Gasteiger partial charge in [-0.1, -0.05) is 20.8 Å². The monoisotopic (exact) mass is 207 g/mol. The van der Waals surface area contributed by atoms with Crippen LogP contribution in [0.2, 0.25) is 0 Å². The maximum Gasteiger partial charge on any atom is 0.336 e. The van der Waals surface area contributed by atoms with Crippen LogP contribution in [-0.2, 0) is 5.41 Å². The molecule has 0 unspecified atom stereocenters. The zero-order valence-electron chi connectivity index (χ0n) is 9.88. The molecule has 1 aromatic heterocycles. The molecule has 0 aromatic carbocycles. The normalized spacial score (nSPS) is 11.5. The van der Waals surface area contributed by atoms with Crippen LogP contribution in [0.15, 0.2) is 6.07 Å². The summed E-state index contributed by atoms with van der Waals surface area (Å²) in [5, 5.41) is 9.05. The maximum absolute atomic E-state index is 11.0. The lowest BCUT2D eigenvalue weighted by Gasteiger charge is -2.21. The molecule has 0 saturated carbocycles. The number of carbonyl (C=O) groups is 1. The highest BCUT2D eigenvalue weighted by molar-refractivity contribution is 5.89. The molecule has 0 saturated heterocycles. The molecule has 0 aliphatic carbocycles. The molecular formula is C12H17NO2. The second-order valence-corrected chi connectivity index (χ2v) is 4.84. The van der Waals surface area contributed by atoms with Gasteiger partial charge in [0.1, 0.15) is 0 Å². The fourth-order valence-electron chi connectivity index (χ4n) is 1.69. The summed E-state index contributed by atoms with van der Waals surface area (Å²) >= 11 is 0. The van der Waals surface area contributed by atoms with Gasteiger partial charge in [0.25, 0.3) is 0 Å². The van der Waals surface area contributed by atoms with Gasteiger partial charge in [-0.05, 0) is 25.5 Å². The van der Waals surface area contributed by atoms with Crippen LogP contribution < -0.4 is 0 Å². The number of aryl methyl sites for hydroxylation is 1. The minimum absolute atomic E-state index is 0.125. The molecule has 0 aliphatic heterocycles. The van der Waals surface area contributed by atoms with Gasteiger partial charge in [-0.3, -0.25) is 4.98 Å². The van der Waals surface area contributed by atoms with Crippen LogP contribution in [0.5, 0.6) is 0 Å². The van der Waals surface area contributed by atoms with Crippen molar-refractivity contribution in [1.29, 1.82) is 0 Å². The molecule has 0 radical (unpaired) electrons. The first-order chi connectivity index (χ1) is 6.73. The van der Waals surface area contributed by atoms with Crippen LogP contribution >= 0.6 is 0 Å². The summed E-state index contributed by atoms with van der Waals surface area (Å²) in [5.74, 6) is -0.886. The molecule has 1 aromatic rings. The third-order valence-corrected chi connectivity index (χ3v) is 2.34. The lowest BCUT2D eigenvalue weighted by molar-refractivity contribution is 0.0695. The van der Waals surface area contributed by atoms with Crippen molar-refractivity contribution >= 4 is 5.97 Å². The molecular weight excluding hydrogens is 190 g/mol. The van der Waals surface area contributed by atoms with E-state index in [0.29, 0.717) is 5.56 Å². The number of carboxylic acids is 1. The molecule has 3 nitrogen and oxygen atoms in total. The molecule has 1 heterocycles. The van der Waals surface area contributed by atoms with Crippen molar-refractivity contribution in [1.82, 2.24) is 4.98 Å². The first kappa shape index (κ1) is 11.7. The molecule has 82 valence electrons. The Balaban J connectivity index is 3.49. The van der Waals surface area contributed by atoms with E-state index in [-0.39, 0.29) is 5.41 Å². The summed E-state index contributed by atoms with van der Waals surface area (Å²) in [6.07, 6.45) is 0. The molecule has 0 bridgehead atoms. The SMILES string of the molecule is Cc1cc(C(=O)O)c(C)c(C(C)(C)C)n1. The third-order valence-electron chi connectivity index (χ3n) is 2.34. The largest absolute Gasteiger partial charge is 0.478 e. The Hall–Kier alpha value is -1.38. The van der Waals surface area contributed by atoms with E-state index < -0.39 is 5.97 Å². The van der Waals surface area contributed by atoms with Crippen LogP contribution in [0.25, 0.3) is 0 Å². The van der Waals surface area contributed by atoms with Crippen molar-refractivity contribution in [2.45, 2.75) is 40.0 Å². The Morgan fingerprint density at radius 1 is 1.33 bits per heavy atom. The van der Waals surface area contributed by atoms with Gasteiger partial charge in [0.05, 0.1) is 5.56 Å². The quantitative estimate of drug-likeness (QED) is 0.770. The average molecular weight is 207 g/mol. The Labute approximate surface area is 90.2 Å². The molecule has 3 heteroatoms. The van der Waals surface area contributed by atoms with Gasteiger partial charge in [-0.2, -0.15) is 0 Å². The summed E-state index contributed by atoms with van der Waals surface area (Å²) in [5.41, 5.74) is 2.61. The second kappa shape index (κ2) is 3.65. The zero-order valence-corrected chi connectivity index (χ0v) is 9.88. The van der Waals surface area contributed by atoms with E-state index in [1.165, 1.54) is 0 Å². The van der Waals surface area contributed by atoms with Crippen molar-refractivity contribution in [2.75, 3.05) is 0 Å². The maximum atomic E-state index is 11.0. The Morgan fingerprint density at radius 3 is 2.27 bits per heavy atom. The van der Waals surface area contributed by atoms with E-state index in [1.54, 1.807) is 6.07 Å². The number of pyridine rings is 1. The minimum Gasteiger partial charge on any atom is -0.478 e. The van der Waals surface area contributed by atoms with Crippen LogP contribution in [-0.4, -0.2) is 16.1 Å². The lowest BCUT2D eigenvalue weighted by atomic mass is 9.87. The number of hydrogen-bond acceptors (Lipinski definition) is 2. The standard InChI is InChI=1S/C12H17NO2/c1-7-6-9(11(14)15)8(2)10(13-7)12(3,4)5/h6H,1-5H3,(H,14,15). The number of nitrogens with zero attached hydrogens (tertiary/aromatic N) is 1. The highest BCUT2D eigenvalue weighted by atomic mass is 16.4. The summed E-state index contributed by atoms with van der Waals surface area (Å²) in [7, 11) is 0. The van der Waals surface area contributed by atoms with Gasteiger partial charge in [0.15, 0.2) is 0 Å². The predicted octanol–water partition coefficient (Wildman–Crippen LogP) is 2.69. The summed E-state index contributed by atoms with van der Waals surface area (Å²) in [4.78, 5) is 15.4. The summed E-state index contributed by atoms with van der Waals surface area (Å²) in [6, 6.07) is 1.62. The highest BCUT2D eigenvalue weighted by Crippen LogP contribution is 2.26. The molecule has 0 amide bonds. The van der Waals surface area contributed by atoms with Crippen LogP contribution in [0.3, 0.4) is 0 Å². The average Bonchev–Trinajstić information content (AvgIpc) is 2.06. The van der Waals surface area contributed by atoms with Crippen molar-refractivity contribution in [2.24, 2.45) is 0 Å². The molecule has 0 fully saturated rings. The topological polar surface area (TPSA) is 50.2 Å². The number of rotatable bonds is 1. The fourth-order valence-corrected chi connectivity index (χ4v) is 1.69. The Bertz CT molecular complexity index is 403. The predicted molar refractivity (Wildman–Crippen MR) is 59.4 cm³/mol. The third kappa shape index (κ3) is 2.35.